The van der Waals surface area contributed by atoms with Crippen LogP contribution in [0.3, 0.4) is 0 Å². The second-order valence-electron chi connectivity index (χ2n) is 5.91. The van der Waals surface area contributed by atoms with Gasteiger partial charge in [0.05, 0.1) is 5.56 Å². The van der Waals surface area contributed by atoms with Gasteiger partial charge >= 0.3 is 5.97 Å². The molecule has 0 atom stereocenters. The summed E-state index contributed by atoms with van der Waals surface area (Å²) < 4.78 is 0. The molecular formula is C16H24N2O2. The molecule has 2 rings (SSSR count). The third-order valence-corrected chi connectivity index (χ3v) is 4.30. The van der Waals surface area contributed by atoms with E-state index in [2.05, 4.69) is 4.90 Å². The van der Waals surface area contributed by atoms with E-state index in [1.54, 1.807) is 6.07 Å². The van der Waals surface area contributed by atoms with E-state index in [-0.39, 0.29) is 5.56 Å². The van der Waals surface area contributed by atoms with Crippen LogP contribution in [0, 0.1) is 12.8 Å². The molecule has 0 radical (unpaired) electrons. The average molecular weight is 276 g/mol. The number of nitrogen functional groups attached to an aromatic ring is 1. The summed E-state index contributed by atoms with van der Waals surface area (Å²) in [6.45, 7) is 2.85. The highest BCUT2D eigenvalue weighted by molar-refractivity contribution is 5.95. The quantitative estimate of drug-likeness (QED) is 0.828. The minimum atomic E-state index is -0.960. The van der Waals surface area contributed by atoms with Crippen molar-refractivity contribution in [3.63, 3.8) is 0 Å². The van der Waals surface area contributed by atoms with Gasteiger partial charge in [-0.25, -0.2) is 4.79 Å². The third kappa shape index (κ3) is 3.24. The van der Waals surface area contributed by atoms with Gasteiger partial charge in [0, 0.05) is 25.0 Å². The van der Waals surface area contributed by atoms with Crippen molar-refractivity contribution in [1.29, 1.82) is 0 Å². The monoisotopic (exact) mass is 276 g/mol. The highest BCUT2D eigenvalue weighted by atomic mass is 16.4. The molecule has 1 aromatic rings. The summed E-state index contributed by atoms with van der Waals surface area (Å²) in [6.07, 6.45) is 6.55. The van der Waals surface area contributed by atoms with Crippen molar-refractivity contribution in [3.05, 3.63) is 23.3 Å². The van der Waals surface area contributed by atoms with Crippen molar-refractivity contribution in [1.82, 2.24) is 0 Å². The summed E-state index contributed by atoms with van der Waals surface area (Å²) in [4.78, 5) is 13.4. The number of hydrogen-bond acceptors (Lipinski definition) is 3. The fourth-order valence-corrected chi connectivity index (χ4v) is 3.04. The van der Waals surface area contributed by atoms with E-state index in [0.29, 0.717) is 5.69 Å². The van der Waals surface area contributed by atoms with E-state index in [1.165, 1.54) is 32.1 Å². The molecule has 0 spiro atoms. The predicted molar refractivity (Wildman–Crippen MR) is 82.4 cm³/mol. The van der Waals surface area contributed by atoms with Gasteiger partial charge < -0.3 is 15.7 Å². The fraction of sp³-hybridized carbons (Fsp3) is 0.562. The van der Waals surface area contributed by atoms with Crippen molar-refractivity contribution in [2.24, 2.45) is 5.92 Å². The number of hydrogen-bond donors (Lipinski definition) is 2. The molecule has 3 N–H and O–H groups in total. The highest BCUT2D eigenvalue weighted by Crippen LogP contribution is 2.28. The van der Waals surface area contributed by atoms with Gasteiger partial charge in [0.15, 0.2) is 0 Å². The van der Waals surface area contributed by atoms with Crippen LogP contribution in [-0.4, -0.2) is 24.7 Å². The lowest BCUT2D eigenvalue weighted by Crippen LogP contribution is -2.27. The Kier molecular flexibility index (Phi) is 4.53. The molecule has 20 heavy (non-hydrogen) atoms. The number of nitrogens with zero attached hydrogens (tertiary/aromatic N) is 1. The van der Waals surface area contributed by atoms with E-state index < -0.39 is 5.97 Å². The molecule has 110 valence electrons. The summed E-state index contributed by atoms with van der Waals surface area (Å²) in [5.74, 6) is -0.238. The van der Waals surface area contributed by atoms with Crippen molar-refractivity contribution in [3.8, 4) is 0 Å². The first kappa shape index (κ1) is 14.7. The standard InChI is InChI=1S/C16H24N2O2/c1-11-8-13(9-14(15(11)17)16(19)20)18(2)10-12-6-4-3-5-7-12/h8-9,12H,3-7,10,17H2,1-2H3,(H,19,20). The van der Waals surface area contributed by atoms with Crippen LogP contribution in [0.25, 0.3) is 0 Å². The van der Waals surface area contributed by atoms with Crippen LogP contribution in [0.15, 0.2) is 12.1 Å². The first-order valence-corrected chi connectivity index (χ1v) is 7.33. The zero-order valence-electron chi connectivity index (χ0n) is 12.4. The van der Waals surface area contributed by atoms with Gasteiger partial charge in [-0.15, -0.1) is 0 Å². The average Bonchev–Trinajstić information content (AvgIpc) is 2.42. The lowest BCUT2D eigenvalue weighted by Gasteiger charge is -2.29. The van der Waals surface area contributed by atoms with Gasteiger partial charge in [-0.2, -0.15) is 0 Å². The first-order chi connectivity index (χ1) is 9.49. The third-order valence-electron chi connectivity index (χ3n) is 4.30. The normalized spacial score (nSPS) is 16.1. The molecule has 4 nitrogen and oxygen atoms in total. The molecule has 1 aromatic carbocycles. The molecule has 0 heterocycles. The Morgan fingerprint density at radius 3 is 2.60 bits per heavy atom. The van der Waals surface area contributed by atoms with Gasteiger partial charge in [0.1, 0.15) is 0 Å². The molecule has 1 aliphatic carbocycles. The fourth-order valence-electron chi connectivity index (χ4n) is 3.04. The maximum absolute atomic E-state index is 11.2. The number of anilines is 2. The largest absolute Gasteiger partial charge is 0.478 e. The molecule has 1 saturated carbocycles. The number of carboxylic acid groups (broad SMARTS) is 1. The van der Waals surface area contributed by atoms with Crippen LogP contribution in [0.5, 0.6) is 0 Å². The van der Waals surface area contributed by atoms with Gasteiger partial charge in [0.2, 0.25) is 0 Å². The number of carboxylic acids is 1. The minimum absolute atomic E-state index is 0.204. The SMILES string of the molecule is Cc1cc(N(C)CC2CCCCC2)cc(C(=O)O)c1N. The molecule has 0 aliphatic heterocycles. The second-order valence-corrected chi connectivity index (χ2v) is 5.91. The molecule has 0 unspecified atom stereocenters. The molecule has 0 aromatic heterocycles. The number of carbonyl (C=O) groups is 1. The summed E-state index contributed by atoms with van der Waals surface area (Å²) in [5.41, 5.74) is 8.18. The Bertz CT molecular complexity index is 493. The van der Waals surface area contributed by atoms with Crippen molar-refractivity contribution in [2.75, 3.05) is 24.2 Å². The molecule has 0 saturated heterocycles. The van der Waals surface area contributed by atoms with Crippen LogP contribution in [0.4, 0.5) is 11.4 Å². The number of rotatable bonds is 4. The lowest BCUT2D eigenvalue weighted by atomic mass is 9.89. The van der Waals surface area contributed by atoms with E-state index in [4.69, 9.17) is 5.73 Å². The zero-order chi connectivity index (χ0) is 14.7. The maximum atomic E-state index is 11.2. The van der Waals surface area contributed by atoms with Crippen LogP contribution < -0.4 is 10.6 Å². The minimum Gasteiger partial charge on any atom is -0.478 e. The topological polar surface area (TPSA) is 66.6 Å². The molecule has 0 bridgehead atoms. The summed E-state index contributed by atoms with van der Waals surface area (Å²) >= 11 is 0. The number of benzene rings is 1. The first-order valence-electron chi connectivity index (χ1n) is 7.33. The number of aryl methyl sites for hydroxylation is 1. The van der Waals surface area contributed by atoms with E-state index >= 15 is 0 Å². The Morgan fingerprint density at radius 2 is 2.00 bits per heavy atom. The summed E-state index contributed by atoms with van der Waals surface area (Å²) in [7, 11) is 2.03. The Morgan fingerprint density at radius 1 is 1.35 bits per heavy atom. The van der Waals surface area contributed by atoms with Gasteiger partial charge in [-0.3, -0.25) is 0 Å². The van der Waals surface area contributed by atoms with E-state index in [9.17, 15) is 9.90 Å². The Labute approximate surface area is 120 Å². The van der Waals surface area contributed by atoms with E-state index in [1.807, 2.05) is 20.0 Å². The Balaban J connectivity index is 2.16. The molecule has 4 heteroatoms. The van der Waals surface area contributed by atoms with Gasteiger partial charge in [0.25, 0.3) is 0 Å². The van der Waals surface area contributed by atoms with Crippen LogP contribution in [-0.2, 0) is 0 Å². The van der Waals surface area contributed by atoms with Crippen molar-refractivity contribution in [2.45, 2.75) is 39.0 Å². The smallest absolute Gasteiger partial charge is 0.337 e. The lowest BCUT2D eigenvalue weighted by molar-refractivity contribution is 0.0698. The van der Waals surface area contributed by atoms with Crippen molar-refractivity contribution < 1.29 is 9.90 Å². The van der Waals surface area contributed by atoms with Crippen LogP contribution in [0.2, 0.25) is 0 Å². The number of aromatic carboxylic acids is 1. The molecule has 1 fully saturated rings. The van der Waals surface area contributed by atoms with E-state index in [0.717, 1.165) is 23.7 Å². The molecular weight excluding hydrogens is 252 g/mol. The van der Waals surface area contributed by atoms with Crippen molar-refractivity contribution >= 4 is 17.3 Å². The predicted octanol–water partition coefficient (Wildman–Crippen LogP) is 3.29. The van der Waals surface area contributed by atoms with Gasteiger partial charge in [-0.05, 0) is 43.4 Å². The summed E-state index contributed by atoms with van der Waals surface area (Å²) in [5, 5.41) is 9.22. The zero-order valence-corrected chi connectivity index (χ0v) is 12.4. The van der Waals surface area contributed by atoms with Crippen LogP contribution >= 0.6 is 0 Å². The Hall–Kier alpha value is -1.71. The number of nitrogens with two attached hydrogens (primary N) is 1. The highest BCUT2D eigenvalue weighted by Gasteiger charge is 2.18. The maximum Gasteiger partial charge on any atom is 0.337 e. The molecule has 1 aliphatic rings. The summed E-state index contributed by atoms with van der Waals surface area (Å²) in [6, 6.07) is 3.66. The van der Waals surface area contributed by atoms with Gasteiger partial charge in [-0.1, -0.05) is 19.3 Å². The van der Waals surface area contributed by atoms with Crippen LogP contribution in [0.1, 0.15) is 48.0 Å². The second kappa shape index (κ2) is 6.16. The molecule has 0 amide bonds.